The van der Waals surface area contributed by atoms with Crippen molar-refractivity contribution in [1.82, 2.24) is 10.9 Å². The summed E-state index contributed by atoms with van der Waals surface area (Å²) in [6, 6.07) is 11.8. The molecule has 0 saturated carbocycles. The molecule has 2 aromatic rings. The standard InChI is InChI=1S/C15H11IN2O4/c16-11-4-1-9(2-5-11)14(19)17-18-15(20)10-3-6-12-13(7-10)22-8-21-12/h1-7H,8H2,(H,17,19)(H,18,20). The molecular weight excluding hydrogens is 399 g/mol. The number of carbonyl (C=O) groups is 2. The van der Waals surface area contributed by atoms with Gasteiger partial charge in [0.2, 0.25) is 6.79 Å². The first-order chi connectivity index (χ1) is 10.6. The summed E-state index contributed by atoms with van der Waals surface area (Å²) in [4.78, 5) is 23.9. The molecule has 0 bridgehead atoms. The number of carbonyl (C=O) groups excluding carboxylic acids is 2. The van der Waals surface area contributed by atoms with Gasteiger partial charge in [-0.25, -0.2) is 0 Å². The molecule has 0 radical (unpaired) electrons. The van der Waals surface area contributed by atoms with E-state index in [1.54, 1.807) is 30.3 Å². The molecule has 7 heteroatoms. The number of hydrogen-bond donors (Lipinski definition) is 2. The number of amides is 2. The molecule has 2 aromatic carbocycles. The first kappa shape index (κ1) is 14.6. The zero-order valence-electron chi connectivity index (χ0n) is 11.3. The lowest BCUT2D eigenvalue weighted by Gasteiger charge is -2.08. The fourth-order valence-corrected chi connectivity index (χ4v) is 2.26. The molecule has 1 aliphatic rings. The van der Waals surface area contributed by atoms with Gasteiger partial charge in [0.15, 0.2) is 11.5 Å². The maximum Gasteiger partial charge on any atom is 0.269 e. The highest BCUT2D eigenvalue weighted by molar-refractivity contribution is 14.1. The van der Waals surface area contributed by atoms with Crippen molar-refractivity contribution in [3.8, 4) is 11.5 Å². The Hall–Kier alpha value is -2.29. The molecule has 0 aliphatic carbocycles. The van der Waals surface area contributed by atoms with Gasteiger partial charge in [0.25, 0.3) is 11.8 Å². The van der Waals surface area contributed by atoms with Gasteiger partial charge in [-0.1, -0.05) is 0 Å². The minimum absolute atomic E-state index is 0.143. The van der Waals surface area contributed by atoms with Gasteiger partial charge in [0, 0.05) is 14.7 Å². The van der Waals surface area contributed by atoms with Crippen LogP contribution in [0.2, 0.25) is 0 Å². The summed E-state index contributed by atoms with van der Waals surface area (Å²) in [6.45, 7) is 0.143. The first-order valence-electron chi connectivity index (χ1n) is 6.39. The van der Waals surface area contributed by atoms with Gasteiger partial charge in [-0.3, -0.25) is 20.4 Å². The summed E-state index contributed by atoms with van der Waals surface area (Å²) in [5.41, 5.74) is 5.57. The predicted molar refractivity (Wildman–Crippen MR) is 86.7 cm³/mol. The molecule has 3 rings (SSSR count). The SMILES string of the molecule is O=C(NNC(=O)c1ccc2c(c1)OCO2)c1ccc(I)cc1. The van der Waals surface area contributed by atoms with E-state index in [-0.39, 0.29) is 12.7 Å². The third-order valence-electron chi connectivity index (χ3n) is 3.03. The molecule has 0 aromatic heterocycles. The lowest BCUT2D eigenvalue weighted by molar-refractivity contribution is 0.0846. The van der Waals surface area contributed by atoms with Gasteiger partial charge >= 0.3 is 0 Å². The lowest BCUT2D eigenvalue weighted by atomic mass is 10.2. The Morgan fingerprint density at radius 2 is 1.45 bits per heavy atom. The van der Waals surface area contributed by atoms with Crippen molar-refractivity contribution < 1.29 is 19.1 Å². The van der Waals surface area contributed by atoms with Crippen LogP contribution in [0.15, 0.2) is 42.5 Å². The Morgan fingerprint density at radius 1 is 0.864 bits per heavy atom. The van der Waals surface area contributed by atoms with Crippen LogP contribution in [0, 0.1) is 3.57 Å². The van der Waals surface area contributed by atoms with Crippen LogP contribution >= 0.6 is 22.6 Å². The Morgan fingerprint density at radius 3 is 2.18 bits per heavy atom. The molecule has 2 N–H and O–H groups in total. The normalized spacial score (nSPS) is 11.9. The molecule has 1 aliphatic heterocycles. The minimum atomic E-state index is -0.433. The van der Waals surface area contributed by atoms with Crippen molar-refractivity contribution in [3.63, 3.8) is 0 Å². The van der Waals surface area contributed by atoms with Crippen molar-refractivity contribution in [1.29, 1.82) is 0 Å². The average Bonchev–Trinajstić information content (AvgIpc) is 3.00. The van der Waals surface area contributed by atoms with Crippen LogP contribution in [-0.4, -0.2) is 18.6 Å². The summed E-state index contributed by atoms with van der Waals surface area (Å²) in [5, 5.41) is 0. The van der Waals surface area contributed by atoms with Crippen LogP contribution in [0.4, 0.5) is 0 Å². The fourth-order valence-electron chi connectivity index (χ4n) is 1.90. The highest BCUT2D eigenvalue weighted by atomic mass is 127. The quantitative estimate of drug-likeness (QED) is 0.588. The maximum atomic E-state index is 12.0. The molecule has 0 saturated heterocycles. The third-order valence-corrected chi connectivity index (χ3v) is 3.75. The smallest absolute Gasteiger partial charge is 0.269 e. The molecule has 0 atom stereocenters. The molecule has 2 amide bonds. The Kier molecular flexibility index (Phi) is 4.14. The molecule has 0 spiro atoms. The van der Waals surface area contributed by atoms with Gasteiger partial charge in [0.1, 0.15) is 0 Å². The summed E-state index contributed by atoms with van der Waals surface area (Å²) in [5.74, 6) is 0.291. The van der Waals surface area contributed by atoms with Gasteiger partial charge in [0.05, 0.1) is 0 Å². The van der Waals surface area contributed by atoms with Crippen LogP contribution in [0.1, 0.15) is 20.7 Å². The van der Waals surface area contributed by atoms with Crippen LogP contribution < -0.4 is 20.3 Å². The molecule has 22 heavy (non-hydrogen) atoms. The minimum Gasteiger partial charge on any atom is -0.454 e. The molecule has 112 valence electrons. The molecule has 0 unspecified atom stereocenters. The lowest BCUT2D eigenvalue weighted by Crippen LogP contribution is -2.41. The highest BCUT2D eigenvalue weighted by Gasteiger charge is 2.16. The van der Waals surface area contributed by atoms with Gasteiger partial charge < -0.3 is 9.47 Å². The molecular formula is C15H11IN2O4. The van der Waals surface area contributed by atoms with Crippen molar-refractivity contribution in [2.75, 3.05) is 6.79 Å². The summed E-state index contributed by atoms with van der Waals surface area (Å²) in [6.07, 6.45) is 0. The number of hydrogen-bond acceptors (Lipinski definition) is 4. The summed E-state index contributed by atoms with van der Waals surface area (Å²) < 4.78 is 11.4. The summed E-state index contributed by atoms with van der Waals surface area (Å²) in [7, 11) is 0. The van der Waals surface area contributed by atoms with Crippen molar-refractivity contribution in [2.45, 2.75) is 0 Å². The zero-order chi connectivity index (χ0) is 15.5. The van der Waals surface area contributed by atoms with Gasteiger partial charge in [-0.2, -0.15) is 0 Å². The zero-order valence-corrected chi connectivity index (χ0v) is 13.4. The van der Waals surface area contributed by atoms with Crippen LogP contribution in [0.25, 0.3) is 0 Å². The van der Waals surface area contributed by atoms with Crippen molar-refractivity contribution in [3.05, 3.63) is 57.2 Å². The number of halogens is 1. The first-order valence-corrected chi connectivity index (χ1v) is 7.47. The van der Waals surface area contributed by atoms with Crippen LogP contribution in [-0.2, 0) is 0 Å². The Bertz CT molecular complexity index is 731. The van der Waals surface area contributed by atoms with E-state index in [2.05, 4.69) is 33.4 Å². The Labute approximate surface area is 139 Å². The second kappa shape index (κ2) is 6.22. The van der Waals surface area contributed by atoms with E-state index in [0.29, 0.717) is 22.6 Å². The fraction of sp³-hybridized carbons (Fsp3) is 0.0667. The third kappa shape index (κ3) is 3.14. The molecule has 0 fully saturated rings. The number of nitrogens with one attached hydrogen (secondary N) is 2. The second-order valence-corrected chi connectivity index (χ2v) is 5.73. The highest BCUT2D eigenvalue weighted by Crippen LogP contribution is 2.32. The van der Waals surface area contributed by atoms with E-state index >= 15 is 0 Å². The van der Waals surface area contributed by atoms with E-state index < -0.39 is 5.91 Å². The van der Waals surface area contributed by atoms with Crippen LogP contribution in [0.5, 0.6) is 11.5 Å². The van der Waals surface area contributed by atoms with Gasteiger partial charge in [-0.15, -0.1) is 0 Å². The number of fused-ring (bicyclic) bond motifs is 1. The van der Waals surface area contributed by atoms with Crippen molar-refractivity contribution in [2.24, 2.45) is 0 Å². The van der Waals surface area contributed by atoms with E-state index in [9.17, 15) is 9.59 Å². The van der Waals surface area contributed by atoms with E-state index in [1.807, 2.05) is 12.1 Å². The van der Waals surface area contributed by atoms with Gasteiger partial charge in [-0.05, 0) is 65.1 Å². The predicted octanol–water partition coefficient (Wildman–Crippen LogP) is 2.09. The second-order valence-electron chi connectivity index (χ2n) is 4.48. The maximum absolute atomic E-state index is 12.0. The van der Waals surface area contributed by atoms with Crippen molar-refractivity contribution >= 4 is 34.4 Å². The van der Waals surface area contributed by atoms with E-state index in [1.165, 1.54) is 0 Å². The summed E-state index contributed by atoms with van der Waals surface area (Å²) >= 11 is 2.15. The van der Waals surface area contributed by atoms with E-state index in [0.717, 1.165) is 3.57 Å². The number of hydrazine groups is 1. The monoisotopic (exact) mass is 410 g/mol. The largest absolute Gasteiger partial charge is 0.454 e. The Balaban J connectivity index is 1.62. The number of rotatable bonds is 2. The number of benzene rings is 2. The topological polar surface area (TPSA) is 76.7 Å². The molecule has 6 nitrogen and oxygen atoms in total. The van der Waals surface area contributed by atoms with E-state index in [4.69, 9.17) is 9.47 Å². The van der Waals surface area contributed by atoms with Crippen LogP contribution in [0.3, 0.4) is 0 Å². The number of ether oxygens (including phenoxy) is 2. The average molecular weight is 410 g/mol. The molecule has 1 heterocycles.